The van der Waals surface area contributed by atoms with Crippen molar-refractivity contribution in [3.8, 4) is 28.7 Å². The summed E-state index contributed by atoms with van der Waals surface area (Å²) in [5.41, 5.74) is 3.79. The topological polar surface area (TPSA) is 212 Å². The number of benzene rings is 5. The molecule has 0 amide bonds. The van der Waals surface area contributed by atoms with E-state index in [9.17, 15) is 33.6 Å². The molecule has 0 bridgehead atoms. The molecule has 2 aliphatic rings. The lowest BCUT2D eigenvalue weighted by Gasteiger charge is -2.28. The lowest BCUT2D eigenvalue weighted by molar-refractivity contribution is -0.151. The first-order valence-electron chi connectivity index (χ1n) is 34.0. The van der Waals surface area contributed by atoms with Crippen LogP contribution in [0.5, 0.6) is 28.7 Å². The zero-order valence-electron chi connectivity index (χ0n) is 54.6. The largest absolute Gasteiger partial charge is 0.494 e. The Morgan fingerprint density at radius 2 is 0.591 bits per heavy atom. The molecular weight excluding hydrogens is 1180 g/mol. The Kier molecular flexibility index (Phi) is 32.1. The van der Waals surface area contributed by atoms with Gasteiger partial charge < -0.3 is 47.4 Å². The van der Waals surface area contributed by atoms with Crippen molar-refractivity contribution in [2.24, 2.45) is 11.8 Å². The predicted octanol–water partition coefficient (Wildman–Crippen LogP) is 16.2. The first kappa shape index (κ1) is 72.2. The Morgan fingerprint density at radius 1 is 0.301 bits per heavy atom. The molecule has 0 saturated heterocycles. The maximum atomic E-state index is 12.8. The summed E-state index contributed by atoms with van der Waals surface area (Å²) >= 11 is 0. The molecular formula is C76H96O17. The van der Waals surface area contributed by atoms with Gasteiger partial charge in [-0.15, -0.1) is 0 Å². The highest BCUT2D eigenvalue weighted by Gasteiger charge is 2.24. The fourth-order valence-corrected chi connectivity index (χ4v) is 11.8. The van der Waals surface area contributed by atoms with Crippen LogP contribution in [0.3, 0.4) is 0 Å². The molecule has 2 fully saturated rings. The third-order valence-corrected chi connectivity index (χ3v) is 17.1. The second kappa shape index (κ2) is 41.4. The molecule has 5 aromatic rings. The fourth-order valence-electron chi connectivity index (χ4n) is 11.8. The van der Waals surface area contributed by atoms with Gasteiger partial charge in [-0.25, -0.2) is 14.4 Å². The second-order valence-electron chi connectivity index (χ2n) is 24.2. The Balaban J connectivity index is 0.603. The first-order valence-corrected chi connectivity index (χ1v) is 34.0. The number of carbonyl (C=O) groups excluding carboxylic acids is 7. The third kappa shape index (κ3) is 27.5. The number of esters is 7. The zero-order chi connectivity index (χ0) is 65.7. The van der Waals surface area contributed by atoms with Gasteiger partial charge in [-0.05, 0) is 235 Å². The highest BCUT2D eigenvalue weighted by atomic mass is 16.6. The number of ether oxygens (including phenoxy) is 10. The molecule has 7 rings (SSSR count). The summed E-state index contributed by atoms with van der Waals surface area (Å²) in [7, 11) is 0. The molecule has 17 heteroatoms. The summed E-state index contributed by atoms with van der Waals surface area (Å²) in [6.07, 6.45) is 21.5. The summed E-state index contributed by atoms with van der Waals surface area (Å²) in [5.74, 6) is 2.23. The number of hydrogen-bond donors (Lipinski definition) is 0. The summed E-state index contributed by atoms with van der Waals surface area (Å²) in [6, 6.07) is 36.0. The SMILES string of the molecule is CCCC1CCC(c2ccc(OC(=O)c3ccc(OCCCCCCOC(=O)CCC(=O)OCCCOc4ccc(C(=O)OCCOC(=O)CCC(=O)OCCCCCCOc5ccc(C(=O)Oc6ccc(C7CCC(CCC)CC7)cc6)cc5)cc4)cc3)cc2)CC1. The van der Waals surface area contributed by atoms with Crippen molar-refractivity contribution >= 4 is 41.8 Å². The number of hydrogen-bond acceptors (Lipinski definition) is 17. The quantitative estimate of drug-likeness (QED) is 0.0154. The summed E-state index contributed by atoms with van der Waals surface area (Å²) in [6.45, 7) is 6.02. The molecule has 0 aliphatic heterocycles. The van der Waals surface area contributed by atoms with Gasteiger partial charge in [0.25, 0.3) is 0 Å². The standard InChI is InChI=1S/C76H96O17/c1-3-14-56-16-20-58(21-17-56)60-24-40-68(41-25-60)92-75(82)63-30-36-65(37-31-63)84-48-9-5-7-11-50-87-70(77)44-45-72(79)89-53-13-52-86-67-34-28-62(29-35-67)74(81)91-55-54-90-73(80)47-46-71(78)88-51-12-8-6-10-49-85-66-38-32-64(33-39-66)76(83)93-69-42-26-61(27-43-69)59-22-18-57(15-4-2)19-23-59/h24-43,56-59H,3-23,44-55H2,1-2H3. The van der Waals surface area contributed by atoms with Gasteiger partial charge in [-0.1, -0.05) is 63.8 Å². The maximum absolute atomic E-state index is 12.8. The minimum atomic E-state index is -0.618. The second-order valence-corrected chi connectivity index (χ2v) is 24.2. The van der Waals surface area contributed by atoms with Gasteiger partial charge in [-0.3, -0.25) is 19.2 Å². The molecule has 0 atom stereocenters. The van der Waals surface area contributed by atoms with Crippen molar-refractivity contribution < 1.29 is 80.9 Å². The predicted molar refractivity (Wildman–Crippen MR) is 352 cm³/mol. The fraction of sp³-hybridized carbons (Fsp3) is 0.513. The van der Waals surface area contributed by atoms with Crippen molar-refractivity contribution in [3.63, 3.8) is 0 Å². The lowest BCUT2D eigenvalue weighted by Crippen LogP contribution is -2.15. The van der Waals surface area contributed by atoms with E-state index in [0.717, 1.165) is 50.4 Å². The molecule has 0 unspecified atom stereocenters. The number of carbonyl (C=O) groups is 7. The first-order chi connectivity index (χ1) is 45.4. The van der Waals surface area contributed by atoms with Crippen molar-refractivity contribution in [1.29, 1.82) is 0 Å². The van der Waals surface area contributed by atoms with Gasteiger partial charge in [0.05, 0.1) is 82.0 Å². The number of rotatable bonds is 41. The van der Waals surface area contributed by atoms with E-state index in [1.165, 1.54) is 100 Å². The zero-order valence-corrected chi connectivity index (χ0v) is 54.6. The van der Waals surface area contributed by atoms with Crippen LogP contribution in [-0.4, -0.2) is 94.6 Å². The molecule has 0 N–H and O–H groups in total. The van der Waals surface area contributed by atoms with Crippen LogP contribution in [0.1, 0.15) is 228 Å². The molecule has 17 nitrogen and oxygen atoms in total. The highest BCUT2D eigenvalue weighted by Crippen LogP contribution is 2.39. The van der Waals surface area contributed by atoms with Crippen LogP contribution < -0.4 is 23.7 Å². The van der Waals surface area contributed by atoms with Crippen molar-refractivity contribution in [2.45, 2.75) is 186 Å². The average Bonchev–Trinajstić information content (AvgIpc) is 3.27. The normalized spacial score (nSPS) is 16.0. The van der Waals surface area contributed by atoms with Crippen LogP contribution in [0.2, 0.25) is 0 Å². The minimum Gasteiger partial charge on any atom is -0.494 e. The summed E-state index contributed by atoms with van der Waals surface area (Å²) < 4.78 is 54.7. The average molecular weight is 1280 g/mol. The van der Waals surface area contributed by atoms with Crippen LogP contribution >= 0.6 is 0 Å². The van der Waals surface area contributed by atoms with Crippen molar-refractivity contribution in [1.82, 2.24) is 0 Å². The van der Waals surface area contributed by atoms with Crippen LogP contribution in [-0.2, 0) is 42.9 Å². The van der Waals surface area contributed by atoms with E-state index in [1.807, 2.05) is 24.3 Å². The Labute approximate surface area is 549 Å². The van der Waals surface area contributed by atoms with E-state index < -0.39 is 41.8 Å². The summed E-state index contributed by atoms with van der Waals surface area (Å²) in [5, 5.41) is 0. The van der Waals surface area contributed by atoms with Gasteiger partial charge in [0.15, 0.2) is 0 Å². The highest BCUT2D eigenvalue weighted by molar-refractivity contribution is 5.92. The monoisotopic (exact) mass is 1280 g/mol. The van der Waals surface area contributed by atoms with E-state index in [4.69, 9.17) is 47.4 Å². The molecule has 5 aromatic carbocycles. The Morgan fingerprint density at radius 3 is 0.946 bits per heavy atom. The summed E-state index contributed by atoms with van der Waals surface area (Å²) in [4.78, 5) is 86.8. The van der Waals surface area contributed by atoms with Crippen LogP contribution in [0, 0.1) is 11.8 Å². The molecule has 2 aliphatic carbocycles. The molecule has 0 aromatic heterocycles. The smallest absolute Gasteiger partial charge is 0.343 e. The maximum Gasteiger partial charge on any atom is 0.343 e. The van der Waals surface area contributed by atoms with Crippen LogP contribution in [0.4, 0.5) is 0 Å². The minimum absolute atomic E-state index is 0.0775. The van der Waals surface area contributed by atoms with E-state index in [1.54, 1.807) is 60.7 Å². The molecule has 2 saturated carbocycles. The molecule has 93 heavy (non-hydrogen) atoms. The Bertz CT molecular complexity index is 3020. The Hall–Kier alpha value is -8.21. The molecule has 0 spiro atoms. The van der Waals surface area contributed by atoms with Gasteiger partial charge in [0, 0.05) is 6.42 Å². The van der Waals surface area contributed by atoms with Crippen molar-refractivity contribution in [3.05, 3.63) is 149 Å². The van der Waals surface area contributed by atoms with E-state index in [0.29, 0.717) is 84.2 Å². The molecule has 502 valence electrons. The van der Waals surface area contributed by atoms with Crippen molar-refractivity contribution in [2.75, 3.05) is 52.9 Å². The molecule has 0 heterocycles. The van der Waals surface area contributed by atoms with E-state index in [-0.39, 0.29) is 70.9 Å². The van der Waals surface area contributed by atoms with Gasteiger partial charge in [0.2, 0.25) is 0 Å². The lowest BCUT2D eigenvalue weighted by atomic mass is 9.77. The molecule has 0 radical (unpaired) electrons. The van der Waals surface area contributed by atoms with Gasteiger partial charge in [-0.2, -0.15) is 0 Å². The van der Waals surface area contributed by atoms with Crippen LogP contribution in [0.15, 0.2) is 121 Å². The van der Waals surface area contributed by atoms with Gasteiger partial charge >= 0.3 is 41.8 Å². The van der Waals surface area contributed by atoms with E-state index in [2.05, 4.69) is 38.1 Å². The van der Waals surface area contributed by atoms with Crippen LogP contribution in [0.25, 0.3) is 0 Å². The third-order valence-electron chi connectivity index (χ3n) is 17.1. The van der Waals surface area contributed by atoms with Gasteiger partial charge in [0.1, 0.15) is 42.0 Å². The number of unbranched alkanes of at least 4 members (excludes halogenated alkanes) is 6. The van der Waals surface area contributed by atoms with E-state index >= 15 is 0 Å².